The average molecular weight is 398 g/mol. The molecule has 0 spiro atoms. The van der Waals surface area contributed by atoms with Gasteiger partial charge < -0.3 is 19.3 Å². The van der Waals surface area contributed by atoms with Crippen molar-refractivity contribution in [2.45, 2.75) is 39.5 Å². The van der Waals surface area contributed by atoms with E-state index in [0.29, 0.717) is 31.3 Å². The molecule has 0 radical (unpaired) electrons. The van der Waals surface area contributed by atoms with E-state index < -0.39 is 5.97 Å². The minimum atomic E-state index is -0.994. The summed E-state index contributed by atoms with van der Waals surface area (Å²) in [6.07, 6.45) is 3.68. The van der Waals surface area contributed by atoms with Crippen LogP contribution in [0, 0.1) is 0 Å². The molecule has 0 amide bonds. The normalized spacial score (nSPS) is 11.4. The summed E-state index contributed by atoms with van der Waals surface area (Å²) in [6, 6.07) is 13.5. The number of carboxylic acids is 1. The van der Waals surface area contributed by atoms with Gasteiger partial charge in [0.2, 0.25) is 0 Å². The molecule has 0 unspecified atom stereocenters. The molecule has 1 N–H and O–H groups in total. The van der Waals surface area contributed by atoms with E-state index in [0.717, 1.165) is 23.8 Å². The van der Waals surface area contributed by atoms with Crippen molar-refractivity contribution in [2.75, 3.05) is 19.8 Å². The second-order valence-electron chi connectivity index (χ2n) is 7.27. The molecule has 5 heteroatoms. The van der Waals surface area contributed by atoms with E-state index in [1.165, 1.54) is 11.6 Å². The Morgan fingerprint density at radius 3 is 2.28 bits per heavy atom. The first-order valence-electron chi connectivity index (χ1n) is 9.89. The zero-order chi connectivity index (χ0) is 21.3. The lowest BCUT2D eigenvalue weighted by Gasteiger charge is -2.23. The van der Waals surface area contributed by atoms with Crippen LogP contribution in [0.4, 0.5) is 0 Å². The maximum Gasteiger partial charge on any atom is 0.328 e. The molecule has 0 aliphatic carbocycles. The van der Waals surface area contributed by atoms with Gasteiger partial charge in [0, 0.05) is 6.08 Å². The van der Waals surface area contributed by atoms with Crippen molar-refractivity contribution in [2.24, 2.45) is 0 Å². The molecule has 0 aliphatic rings. The van der Waals surface area contributed by atoms with Crippen molar-refractivity contribution in [1.82, 2.24) is 0 Å². The Morgan fingerprint density at radius 2 is 1.66 bits per heavy atom. The fourth-order valence-corrected chi connectivity index (χ4v) is 2.70. The number of carboxylic acid groups (broad SMARTS) is 1. The molecule has 29 heavy (non-hydrogen) atoms. The smallest absolute Gasteiger partial charge is 0.328 e. The van der Waals surface area contributed by atoms with E-state index >= 15 is 0 Å². The maximum absolute atomic E-state index is 10.7. The van der Waals surface area contributed by atoms with Crippen LogP contribution in [0.1, 0.15) is 45.2 Å². The van der Waals surface area contributed by atoms with Crippen LogP contribution in [0.15, 0.2) is 48.5 Å². The highest BCUT2D eigenvalue weighted by molar-refractivity contribution is 5.85. The van der Waals surface area contributed by atoms with Crippen LogP contribution in [0.5, 0.6) is 17.2 Å². The fraction of sp³-hybridized carbons (Fsp3) is 0.375. The number of carbonyl (C=O) groups is 1. The minimum absolute atomic E-state index is 0.156. The number of ether oxygens (including phenoxy) is 3. The second kappa shape index (κ2) is 10.6. The maximum atomic E-state index is 10.7. The summed E-state index contributed by atoms with van der Waals surface area (Å²) in [4.78, 5) is 10.7. The largest absolute Gasteiger partial charge is 0.490 e. The molecule has 0 aromatic heterocycles. The first-order chi connectivity index (χ1) is 13.9. The number of hydrogen-bond acceptors (Lipinski definition) is 4. The third-order valence-corrected chi connectivity index (χ3v) is 4.82. The van der Waals surface area contributed by atoms with Gasteiger partial charge in [-0.15, -0.1) is 0 Å². The predicted molar refractivity (Wildman–Crippen MR) is 115 cm³/mol. The highest BCUT2D eigenvalue weighted by Gasteiger charge is 2.17. The molecule has 2 rings (SSSR count). The third-order valence-electron chi connectivity index (χ3n) is 4.82. The molecule has 5 nitrogen and oxygen atoms in total. The molecule has 0 atom stereocenters. The van der Waals surface area contributed by atoms with Gasteiger partial charge >= 0.3 is 5.97 Å². The molecule has 0 heterocycles. The molecule has 0 saturated heterocycles. The van der Waals surface area contributed by atoms with Crippen molar-refractivity contribution in [3.8, 4) is 17.2 Å². The number of hydrogen-bond donors (Lipinski definition) is 1. The first-order valence-corrected chi connectivity index (χ1v) is 9.89. The Morgan fingerprint density at radius 1 is 0.966 bits per heavy atom. The summed E-state index contributed by atoms with van der Waals surface area (Å²) in [6.45, 7) is 9.79. The molecule has 2 aromatic rings. The minimum Gasteiger partial charge on any atom is -0.490 e. The molecular formula is C24H30O5. The average Bonchev–Trinajstić information content (AvgIpc) is 2.71. The van der Waals surface area contributed by atoms with Crippen LogP contribution in [-0.2, 0) is 10.2 Å². The highest BCUT2D eigenvalue weighted by Crippen LogP contribution is 2.30. The van der Waals surface area contributed by atoms with E-state index in [-0.39, 0.29) is 5.41 Å². The third kappa shape index (κ3) is 6.86. The number of aliphatic carboxylic acids is 1. The van der Waals surface area contributed by atoms with E-state index in [1.807, 2.05) is 19.1 Å². The number of benzene rings is 2. The van der Waals surface area contributed by atoms with Crippen molar-refractivity contribution >= 4 is 12.0 Å². The molecule has 0 aliphatic heterocycles. The zero-order valence-corrected chi connectivity index (χ0v) is 17.6. The van der Waals surface area contributed by atoms with Gasteiger partial charge in [-0.05, 0) is 60.2 Å². The lowest BCUT2D eigenvalue weighted by atomic mass is 9.82. The van der Waals surface area contributed by atoms with E-state index in [4.69, 9.17) is 19.3 Å². The Bertz CT molecular complexity index is 822. The number of rotatable bonds is 11. The van der Waals surface area contributed by atoms with E-state index in [2.05, 4.69) is 32.9 Å². The zero-order valence-electron chi connectivity index (χ0n) is 17.6. The quantitative estimate of drug-likeness (QED) is 0.409. The van der Waals surface area contributed by atoms with Gasteiger partial charge in [0.1, 0.15) is 19.0 Å². The molecule has 156 valence electrons. The summed E-state index contributed by atoms with van der Waals surface area (Å²) in [5.74, 6) is 0.990. The van der Waals surface area contributed by atoms with Crippen molar-refractivity contribution in [3.63, 3.8) is 0 Å². The van der Waals surface area contributed by atoms with Gasteiger partial charge in [0.05, 0.1) is 6.61 Å². The van der Waals surface area contributed by atoms with Crippen LogP contribution in [0.2, 0.25) is 0 Å². The van der Waals surface area contributed by atoms with Gasteiger partial charge in [-0.2, -0.15) is 0 Å². The van der Waals surface area contributed by atoms with Crippen molar-refractivity contribution < 1.29 is 24.1 Å². The summed E-state index contributed by atoms with van der Waals surface area (Å²) in [5, 5.41) is 8.75. The lowest BCUT2D eigenvalue weighted by molar-refractivity contribution is -0.131. The SMILES string of the molecule is CCOc1cc(C=CC(=O)O)ccc1OCCOc1ccc(C(C)(C)CC)cc1. The van der Waals surface area contributed by atoms with E-state index in [9.17, 15) is 4.79 Å². The summed E-state index contributed by atoms with van der Waals surface area (Å²) < 4.78 is 17.2. The Hall–Kier alpha value is -2.95. The first kappa shape index (κ1) is 22.3. The summed E-state index contributed by atoms with van der Waals surface area (Å²) in [5.41, 5.74) is 2.18. The fourth-order valence-electron chi connectivity index (χ4n) is 2.70. The topological polar surface area (TPSA) is 65.0 Å². The highest BCUT2D eigenvalue weighted by atomic mass is 16.5. The second-order valence-corrected chi connectivity index (χ2v) is 7.27. The standard InChI is InChI=1S/C24H30O5/c1-5-24(3,4)19-9-11-20(12-10-19)28-15-16-29-21-13-7-18(8-14-23(25)26)17-22(21)27-6-2/h7-14,17H,5-6,15-16H2,1-4H3,(H,25,26). The van der Waals surface area contributed by atoms with Crippen LogP contribution in [0.25, 0.3) is 6.08 Å². The van der Waals surface area contributed by atoms with Crippen LogP contribution >= 0.6 is 0 Å². The molecule has 0 bridgehead atoms. The predicted octanol–water partition coefficient (Wildman–Crippen LogP) is 5.33. The van der Waals surface area contributed by atoms with Crippen LogP contribution in [0.3, 0.4) is 0 Å². The van der Waals surface area contributed by atoms with Gasteiger partial charge in [-0.25, -0.2) is 4.79 Å². The van der Waals surface area contributed by atoms with Gasteiger partial charge in [0.25, 0.3) is 0 Å². The molecular weight excluding hydrogens is 368 g/mol. The lowest BCUT2D eigenvalue weighted by Crippen LogP contribution is -2.15. The monoisotopic (exact) mass is 398 g/mol. The van der Waals surface area contributed by atoms with Crippen molar-refractivity contribution in [3.05, 3.63) is 59.7 Å². The Kier molecular flexibility index (Phi) is 8.13. The van der Waals surface area contributed by atoms with Gasteiger partial charge in [-0.3, -0.25) is 0 Å². The van der Waals surface area contributed by atoms with Crippen LogP contribution in [-0.4, -0.2) is 30.9 Å². The summed E-state index contributed by atoms with van der Waals surface area (Å²) in [7, 11) is 0. The van der Waals surface area contributed by atoms with E-state index in [1.54, 1.807) is 18.2 Å². The molecule has 2 aromatic carbocycles. The summed E-state index contributed by atoms with van der Waals surface area (Å²) >= 11 is 0. The van der Waals surface area contributed by atoms with Crippen LogP contribution < -0.4 is 14.2 Å². The Balaban J connectivity index is 1.92. The van der Waals surface area contributed by atoms with Crippen molar-refractivity contribution in [1.29, 1.82) is 0 Å². The van der Waals surface area contributed by atoms with Gasteiger partial charge in [-0.1, -0.05) is 39.0 Å². The Labute approximate surface area is 172 Å². The molecule has 0 saturated carbocycles. The molecule has 0 fully saturated rings. The van der Waals surface area contributed by atoms with Gasteiger partial charge in [0.15, 0.2) is 11.5 Å².